The zero-order valence-electron chi connectivity index (χ0n) is 12.2. The molecule has 1 saturated heterocycles. The van der Waals surface area contributed by atoms with Gasteiger partial charge in [-0.2, -0.15) is 0 Å². The van der Waals surface area contributed by atoms with Gasteiger partial charge in [-0.25, -0.2) is 0 Å². The van der Waals surface area contributed by atoms with Gasteiger partial charge in [0.05, 0.1) is 12.2 Å². The van der Waals surface area contributed by atoms with E-state index < -0.39 is 0 Å². The molecule has 0 spiro atoms. The third-order valence-corrected chi connectivity index (χ3v) is 4.05. The number of carbonyl (C=O) groups excluding carboxylic acids is 1. The van der Waals surface area contributed by atoms with Crippen molar-refractivity contribution < 1.29 is 9.53 Å². The van der Waals surface area contributed by atoms with Crippen molar-refractivity contribution in [3.8, 4) is 0 Å². The Morgan fingerprint density at radius 2 is 2.00 bits per heavy atom. The lowest BCUT2D eigenvalue weighted by atomic mass is 9.98. The second kappa shape index (κ2) is 5.54. The van der Waals surface area contributed by atoms with E-state index in [-0.39, 0.29) is 18.1 Å². The van der Waals surface area contributed by atoms with E-state index in [9.17, 15) is 4.79 Å². The molecule has 20 heavy (non-hydrogen) atoms. The van der Waals surface area contributed by atoms with Crippen LogP contribution < -0.4 is 5.32 Å². The van der Waals surface area contributed by atoms with Crippen LogP contribution in [0.1, 0.15) is 35.3 Å². The lowest BCUT2D eigenvalue weighted by Gasteiger charge is -2.35. The Morgan fingerprint density at radius 1 is 1.25 bits per heavy atom. The molecule has 2 heterocycles. The standard InChI is InChI=1S/C16H22N2O2/c1-11-9-18(10-12(2)20-11)16(19)14-3-4-15-8-17-6-5-13(15)7-14/h3-4,7,11-12,17H,5-6,8-10H2,1-2H3. The first-order chi connectivity index (χ1) is 9.63. The number of fused-ring (bicyclic) bond motifs is 1. The first kappa shape index (κ1) is 13.6. The van der Waals surface area contributed by atoms with E-state index in [0.29, 0.717) is 13.1 Å². The van der Waals surface area contributed by atoms with Crippen molar-refractivity contribution >= 4 is 5.91 Å². The number of benzene rings is 1. The Labute approximate surface area is 120 Å². The van der Waals surface area contributed by atoms with Gasteiger partial charge in [0.2, 0.25) is 0 Å². The minimum atomic E-state index is 0.115. The number of hydrogen-bond acceptors (Lipinski definition) is 3. The molecule has 0 aliphatic carbocycles. The van der Waals surface area contributed by atoms with Crippen molar-refractivity contribution in [2.75, 3.05) is 19.6 Å². The molecule has 3 rings (SSSR count). The van der Waals surface area contributed by atoms with Crippen LogP contribution in [0.3, 0.4) is 0 Å². The fourth-order valence-electron chi connectivity index (χ4n) is 3.14. The number of amides is 1. The van der Waals surface area contributed by atoms with Crippen LogP contribution in [0.4, 0.5) is 0 Å². The van der Waals surface area contributed by atoms with Crippen LogP contribution >= 0.6 is 0 Å². The summed E-state index contributed by atoms with van der Waals surface area (Å²) in [6.07, 6.45) is 1.24. The fraction of sp³-hybridized carbons (Fsp3) is 0.562. The summed E-state index contributed by atoms with van der Waals surface area (Å²) in [6, 6.07) is 6.12. The molecule has 0 bridgehead atoms. The van der Waals surface area contributed by atoms with E-state index in [1.807, 2.05) is 24.8 Å². The summed E-state index contributed by atoms with van der Waals surface area (Å²) < 4.78 is 5.69. The van der Waals surface area contributed by atoms with Crippen LogP contribution in [0.5, 0.6) is 0 Å². The molecule has 4 nitrogen and oxygen atoms in total. The Balaban J connectivity index is 1.79. The summed E-state index contributed by atoms with van der Waals surface area (Å²) in [4.78, 5) is 14.5. The molecule has 0 aromatic heterocycles. The van der Waals surface area contributed by atoms with Crippen LogP contribution in [0.2, 0.25) is 0 Å². The summed E-state index contributed by atoms with van der Waals surface area (Å²) in [5.41, 5.74) is 3.44. The first-order valence-corrected chi connectivity index (χ1v) is 7.41. The second-order valence-corrected chi connectivity index (χ2v) is 5.88. The Kier molecular flexibility index (Phi) is 3.76. The fourth-order valence-corrected chi connectivity index (χ4v) is 3.14. The summed E-state index contributed by atoms with van der Waals surface area (Å²) in [7, 11) is 0. The Hall–Kier alpha value is -1.39. The molecule has 0 saturated carbocycles. The molecule has 4 heteroatoms. The van der Waals surface area contributed by atoms with Gasteiger partial charge in [-0.15, -0.1) is 0 Å². The number of rotatable bonds is 1. The van der Waals surface area contributed by atoms with Gasteiger partial charge in [-0.1, -0.05) is 6.07 Å². The van der Waals surface area contributed by atoms with Gasteiger partial charge in [0, 0.05) is 25.2 Å². The molecule has 1 amide bonds. The lowest BCUT2D eigenvalue weighted by molar-refractivity contribution is -0.0586. The minimum Gasteiger partial charge on any atom is -0.372 e. The number of morpholine rings is 1. The summed E-state index contributed by atoms with van der Waals surface area (Å²) in [5, 5.41) is 3.35. The second-order valence-electron chi connectivity index (χ2n) is 5.88. The Bertz CT molecular complexity index is 505. The molecule has 2 unspecified atom stereocenters. The minimum absolute atomic E-state index is 0.115. The largest absolute Gasteiger partial charge is 0.372 e. The number of ether oxygens (including phenoxy) is 1. The van der Waals surface area contributed by atoms with Crippen molar-refractivity contribution in [3.63, 3.8) is 0 Å². The van der Waals surface area contributed by atoms with Gasteiger partial charge in [0.25, 0.3) is 5.91 Å². The molecule has 2 aliphatic rings. The zero-order chi connectivity index (χ0) is 14.1. The van der Waals surface area contributed by atoms with Gasteiger partial charge in [0.1, 0.15) is 0 Å². The van der Waals surface area contributed by atoms with Crippen molar-refractivity contribution in [3.05, 3.63) is 34.9 Å². The highest BCUT2D eigenvalue weighted by atomic mass is 16.5. The molecule has 2 atom stereocenters. The highest BCUT2D eigenvalue weighted by Gasteiger charge is 2.27. The van der Waals surface area contributed by atoms with E-state index in [0.717, 1.165) is 25.1 Å². The highest BCUT2D eigenvalue weighted by molar-refractivity contribution is 5.94. The number of hydrogen-bond donors (Lipinski definition) is 1. The summed E-state index contributed by atoms with van der Waals surface area (Å²) in [5.74, 6) is 0.133. The molecule has 1 fully saturated rings. The van der Waals surface area contributed by atoms with E-state index >= 15 is 0 Å². The summed E-state index contributed by atoms with van der Waals surface area (Å²) in [6.45, 7) is 7.32. The van der Waals surface area contributed by atoms with Crippen molar-refractivity contribution in [2.45, 2.75) is 39.0 Å². The van der Waals surface area contributed by atoms with Crippen LogP contribution in [-0.2, 0) is 17.7 Å². The SMILES string of the molecule is CC1CN(C(=O)c2ccc3c(c2)CCNC3)CC(C)O1. The van der Waals surface area contributed by atoms with Crippen LogP contribution in [-0.4, -0.2) is 42.6 Å². The van der Waals surface area contributed by atoms with Crippen LogP contribution in [0.25, 0.3) is 0 Å². The topological polar surface area (TPSA) is 41.6 Å². The molecular formula is C16H22N2O2. The molecule has 1 aromatic rings. The zero-order valence-corrected chi connectivity index (χ0v) is 12.2. The average Bonchev–Trinajstić information content (AvgIpc) is 2.45. The smallest absolute Gasteiger partial charge is 0.254 e. The normalized spacial score (nSPS) is 26.2. The molecular weight excluding hydrogens is 252 g/mol. The van der Waals surface area contributed by atoms with Crippen molar-refractivity contribution in [1.29, 1.82) is 0 Å². The third-order valence-electron chi connectivity index (χ3n) is 4.05. The lowest BCUT2D eigenvalue weighted by Crippen LogP contribution is -2.48. The predicted octanol–water partition coefficient (Wildman–Crippen LogP) is 1.58. The van der Waals surface area contributed by atoms with Gasteiger partial charge in [-0.3, -0.25) is 4.79 Å². The van der Waals surface area contributed by atoms with Crippen molar-refractivity contribution in [1.82, 2.24) is 10.2 Å². The number of nitrogens with one attached hydrogen (secondary N) is 1. The molecule has 1 aromatic carbocycles. The number of carbonyl (C=O) groups is 1. The quantitative estimate of drug-likeness (QED) is 0.845. The van der Waals surface area contributed by atoms with Gasteiger partial charge in [0.15, 0.2) is 0 Å². The molecule has 2 aliphatic heterocycles. The van der Waals surface area contributed by atoms with Crippen LogP contribution in [0.15, 0.2) is 18.2 Å². The average molecular weight is 274 g/mol. The number of nitrogens with zero attached hydrogens (tertiary/aromatic N) is 1. The maximum Gasteiger partial charge on any atom is 0.254 e. The molecule has 1 N–H and O–H groups in total. The van der Waals surface area contributed by atoms with E-state index in [4.69, 9.17) is 4.74 Å². The molecule has 108 valence electrons. The first-order valence-electron chi connectivity index (χ1n) is 7.41. The van der Waals surface area contributed by atoms with Crippen LogP contribution in [0, 0.1) is 0 Å². The predicted molar refractivity (Wildman–Crippen MR) is 77.8 cm³/mol. The van der Waals surface area contributed by atoms with Gasteiger partial charge >= 0.3 is 0 Å². The van der Waals surface area contributed by atoms with E-state index in [1.165, 1.54) is 11.1 Å². The summed E-state index contributed by atoms with van der Waals surface area (Å²) >= 11 is 0. The highest BCUT2D eigenvalue weighted by Crippen LogP contribution is 2.19. The monoisotopic (exact) mass is 274 g/mol. The Morgan fingerprint density at radius 3 is 2.75 bits per heavy atom. The maximum absolute atomic E-state index is 12.6. The van der Waals surface area contributed by atoms with Gasteiger partial charge < -0.3 is 15.0 Å². The van der Waals surface area contributed by atoms with E-state index in [1.54, 1.807) is 0 Å². The van der Waals surface area contributed by atoms with Gasteiger partial charge in [-0.05, 0) is 50.1 Å². The van der Waals surface area contributed by atoms with E-state index in [2.05, 4.69) is 17.4 Å². The third kappa shape index (κ3) is 2.72. The van der Waals surface area contributed by atoms with Crippen molar-refractivity contribution in [2.24, 2.45) is 0 Å². The molecule has 0 radical (unpaired) electrons. The maximum atomic E-state index is 12.6.